The van der Waals surface area contributed by atoms with Crippen LogP contribution in [0.5, 0.6) is 5.75 Å². The zero-order valence-corrected chi connectivity index (χ0v) is 24.7. The Kier molecular flexibility index (Phi) is 14.0. The van der Waals surface area contributed by atoms with Crippen molar-refractivity contribution in [2.75, 3.05) is 11.9 Å². The Bertz CT molecular complexity index is 1130. The topological polar surface area (TPSA) is 42.2 Å². The number of amides is 1. The molecule has 212 valence electrons. The molecule has 0 aliphatic heterocycles. The maximum atomic E-state index is 14.6. The van der Waals surface area contributed by atoms with Crippen LogP contribution in [0.3, 0.4) is 0 Å². The summed E-state index contributed by atoms with van der Waals surface area (Å²) in [6, 6.07) is 12.6. The Hall–Kier alpha value is -2.73. The third-order valence-electron chi connectivity index (χ3n) is 7.10. The highest BCUT2D eigenvalue weighted by atomic mass is 32.1. The minimum absolute atomic E-state index is 0.0537. The lowest BCUT2D eigenvalue weighted by atomic mass is 10.1. The van der Waals surface area contributed by atoms with Gasteiger partial charge < -0.3 is 10.1 Å². The molecule has 1 aromatic heterocycles. The molecule has 0 saturated heterocycles. The van der Waals surface area contributed by atoms with Gasteiger partial charge in [0.15, 0.2) is 17.8 Å². The van der Waals surface area contributed by atoms with E-state index >= 15 is 0 Å². The van der Waals surface area contributed by atoms with Crippen molar-refractivity contribution in [1.29, 1.82) is 0 Å². The van der Waals surface area contributed by atoms with Gasteiger partial charge in [-0.3, -0.25) is 4.79 Å². The van der Waals surface area contributed by atoms with E-state index in [1.807, 2.05) is 35.8 Å². The molecule has 0 spiro atoms. The van der Waals surface area contributed by atoms with Crippen LogP contribution in [0.2, 0.25) is 0 Å². The Morgan fingerprint density at radius 3 is 2.23 bits per heavy atom. The van der Waals surface area contributed by atoms with Gasteiger partial charge in [-0.1, -0.05) is 113 Å². The molecule has 4 nitrogen and oxygen atoms in total. The molecule has 0 saturated carbocycles. The van der Waals surface area contributed by atoms with Crippen LogP contribution in [0.15, 0.2) is 54.0 Å². The molecule has 0 unspecified atom stereocenters. The van der Waals surface area contributed by atoms with Gasteiger partial charge in [-0.15, -0.1) is 0 Å². The van der Waals surface area contributed by atoms with Crippen molar-refractivity contribution >= 4 is 22.9 Å². The fourth-order valence-corrected chi connectivity index (χ4v) is 5.86. The van der Waals surface area contributed by atoms with E-state index in [4.69, 9.17) is 4.74 Å². The number of aromatic nitrogens is 1. The van der Waals surface area contributed by atoms with Crippen molar-refractivity contribution in [2.24, 2.45) is 0 Å². The summed E-state index contributed by atoms with van der Waals surface area (Å²) in [5.41, 5.74) is 2.30. The molecule has 0 aliphatic carbocycles. The summed E-state index contributed by atoms with van der Waals surface area (Å²) < 4.78 is 22.7. The van der Waals surface area contributed by atoms with Gasteiger partial charge in [-0.25, -0.2) is 4.39 Å². The number of nitrogens with zero attached hydrogens (tertiary/aromatic N) is 1. The minimum Gasteiger partial charge on any atom is -0.490 e. The molecule has 1 amide bonds. The Labute approximate surface area is 238 Å². The number of thiazole rings is 1. The summed E-state index contributed by atoms with van der Waals surface area (Å²) in [4.78, 5) is 13.0. The average molecular weight is 554 g/mol. The number of ether oxygens (including phenoxy) is 1. The molecule has 6 heteroatoms. The van der Waals surface area contributed by atoms with E-state index in [1.165, 1.54) is 70.3 Å². The van der Waals surface area contributed by atoms with Crippen molar-refractivity contribution in [3.63, 3.8) is 0 Å². The Balaban J connectivity index is 1.43. The molecular weight excluding hydrogens is 507 g/mol. The number of hydrogen-bond acceptors (Lipinski definition) is 3. The van der Waals surface area contributed by atoms with Gasteiger partial charge in [0.25, 0.3) is 5.01 Å². The summed E-state index contributed by atoms with van der Waals surface area (Å²) in [7, 11) is 0. The maximum absolute atomic E-state index is 14.6. The second-order valence-electron chi connectivity index (χ2n) is 10.2. The first-order chi connectivity index (χ1) is 19.1. The highest BCUT2D eigenvalue weighted by Crippen LogP contribution is 2.29. The van der Waals surface area contributed by atoms with Crippen LogP contribution in [0.25, 0.3) is 10.6 Å². The van der Waals surface area contributed by atoms with Crippen LogP contribution >= 0.6 is 11.3 Å². The average Bonchev–Trinajstić information content (AvgIpc) is 3.41. The molecule has 0 atom stereocenters. The number of nitrogens with one attached hydrogen (secondary N) is 1. The van der Waals surface area contributed by atoms with Crippen LogP contribution in [0, 0.1) is 5.82 Å². The molecule has 3 aromatic rings. The summed E-state index contributed by atoms with van der Waals surface area (Å²) in [5.74, 6) is -0.406. The van der Waals surface area contributed by atoms with Gasteiger partial charge in [-0.2, -0.15) is 4.57 Å². The number of rotatable bonds is 19. The zero-order valence-electron chi connectivity index (χ0n) is 23.9. The summed E-state index contributed by atoms with van der Waals surface area (Å²) in [6.45, 7) is 5.67. The summed E-state index contributed by atoms with van der Waals surface area (Å²) >= 11 is 1.64. The number of carbonyl (C=O) groups excluding carboxylic acids is 1. The first-order valence-corrected chi connectivity index (χ1v) is 15.8. The van der Waals surface area contributed by atoms with Crippen LogP contribution in [0.4, 0.5) is 10.1 Å². The van der Waals surface area contributed by atoms with E-state index < -0.39 is 5.82 Å². The molecular formula is C33H46FN2O2S+. The van der Waals surface area contributed by atoms with E-state index in [0.29, 0.717) is 12.2 Å². The van der Waals surface area contributed by atoms with Crippen molar-refractivity contribution in [1.82, 2.24) is 0 Å². The molecule has 0 fully saturated rings. The number of carbonyl (C=O) groups is 1. The lowest BCUT2D eigenvalue weighted by Crippen LogP contribution is -2.31. The van der Waals surface area contributed by atoms with Crippen molar-refractivity contribution in [3.8, 4) is 16.3 Å². The third kappa shape index (κ3) is 10.4. The Morgan fingerprint density at radius 1 is 0.872 bits per heavy atom. The van der Waals surface area contributed by atoms with Gasteiger partial charge >= 0.3 is 0 Å². The normalized spacial score (nSPS) is 11.1. The second kappa shape index (κ2) is 17.8. The number of unbranched alkanes of at least 4 members (excludes halogenated alkanes) is 11. The lowest BCUT2D eigenvalue weighted by Gasteiger charge is -2.13. The van der Waals surface area contributed by atoms with Gasteiger partial charge in [0.05, 0.1) is 29.7 Å². The molecule has 0 bridgehead atoms. The molecule has 2 aromatic carbocycles. The fourth-order valence-electron chi connectivity index (χ4n) is 4.89. The van der Waals surface area contributed by atoms with Gasteiger partial charge in [0, 0.05) is 5.56 Å². The van der Waals surface area contributed by atoms with E-state index in [1.54, 1.807) is 23.5 Å². The standard InChI is InChI=1S/C33H45FN2O2S/c1-3-5-6-7-8-9-10-11-12-13-14-17-24-38-32-27(19-18-21-29(32)34)26-31(37)35-30-22-16-15-20-28(30)33-36(4-2)23-25-39-33/h15-16,18-23,25H,3-14,17,24,26H2,1-2H3/p+1. The fraction of sp³-hybridized carbons (Fsp3) is 0.515. The van der Waals surface area contributed by atoms with Gasteiger partial charge in [0.1, 0.15) is 6.54 Å². The van der Waals surface area contributed by atoms with E-state index in [0.717, 1.165) is 35.6 Å². The van der Waals surface area contributed by atoms with E-state index in [2.05, 4.69) is 23.7 Å². The predicted octanol–water partition coefficient (Wildman–Crippen LogP) is 9.12. The number of halogens is 1. The summed E-state index contributed by atoms with van der Waals surface area (Å²) in [6.07, 6.45) is 17.3. The van der Waals surface area contributed by atoms with E-state index in [9.17, 15) is 9.18 Å². The minimum atomic E-state index is -0.415. The van der Waals surface area contributed by atoms with Crippen LogP contribution in [0.1, 0.15) is 96.5 Å². The molecule has 39 heavy (non-hydrogen) atoms. The molecule has 1 N–H and O–H groups in total. The number of benzene rings is 2. The van der Waals surface area contributed by atoms with Gasteiger partial charge in [-0.05, 0) is 31.5 Å². The largest absolute Gasteiger partial charge is 0.490 e. The molecule has 0 aliphatic rings. The van der Waals surface area contributed by atoms with Gasteiger partial charge in [0.2, 0.25) is 5.91 Å². The number of anilines is 1. The Morgan fingerprint density at radius 2 is 1.54 bits per heavy atom. The molecule has 1 heterocycles. The predicted molar refractivity (Wildman–Crippen MR) is 161 cm³/mol. The maximum Gasteiger partial charge on any atom is 0.271 e. The van der Waals surface area contributed by atoms with Crippen LogP contribution in [-0.2, 0) is 17.8 Å². The zero-order chi connectivity index (χ0) is 27.7. The van der Waals surface area contributed by atoms with Crippen LogP contribution < -0.4 is 14.6 Å². The van der Waals surface area contributed by atoms with Crippen molar-refractivity contribution < 1.29 is 18.5 Å². The second-order valence-corrected chi connectivity index (χ2v) is 11.1. The highest BCUT2D eigenvalue weighted by Gasteiger charge is 2.19. The molecule has 3 rings (SSSR count). The van der Waals surface area contributed by atoms with E-state index in [-0.39, 0.29) is 18.1 Å². The van der Waals surface area contributed by atoms with Crippen molar-refractivity contribution in [2.45, 2.75) is 104 Å². The smallest absolute Gasteiger partial charge is 0.271 e. The monoisotopic (exact) mass is 553 g/mol. The highest BCUT2D eigenvalue weighted by molar-refractivity contribution is 7.12. The quantitative estimate of drug-likeness (QED) is 0.119. The summed E-state index contributed by atoms with van der Waals surface area (Å²) in [5, 5.41) is 6.17. The third-order valence-corrected chi connectivity index (χ3v) is 8.03. The van der Waals surface area contributed by atoms with Crippen LogP contribution in [-0.4, -0.2) is 12.5 Å². The lowest BCUT2D eigenvalue weighted by molar-refractivity contribution is -0.678. The first kappa shape index (κ1) is 30.8. The van der Waals surface area contributed by atoms with Crippen molar-refractivity contribution in [3.05, 3.63) is 65.4 Å². The SMILES string of the molecule is CCCCCCCCCCCCCCOc1c(F)cccc1CC(=O)Nc1ccccc1-c1scc[n+]1CC. The molecule has 0 radical (unpaired) electrons. The number of para-hydroxylation sites is 2. The number of aryl methyl sites for hydroxylation is 1. The number of hydrogen-bond donors (Lipinski definition) is 1. The first-order valence-electron chi connectivity index (χ1n) is 14.9.